The van der Waals surface area contributed by atoms with Crippen molar-refractivity contribution in [2.75, 3.05) is 13.1 Å². The van der Waals surface area contributed by atoms with Crippen LogP contribution < -0.4 is 0 Å². The molecule has 1 saturated heterocycles. The van der Waals surface area contributed by atoms with Gasteiger partial charge in [-0.25, -0.2) is 0 Å². The fourth-order valence-electron chi connectivity index (χ4n) is 2.34. The van der Waals surface area contributed by atoms with Crippen LogP contribution in [0.1, 0.15) is 40.5 Å². The van der Waals surface area contributed by atoms with Gasteiger partial charge in [-0.05, 0) is 44.6 Å². The van der Waals surface area contributed by atoms with E-state index in [1.165, 1.54) is 29.7 Å². The molecular weight excluding hydrogens is 218 g/mol. The van der Waals surface area contributed by atoms with Gasteiger partial charge in [0, 0.05) is 18.8 Å². The molecule has 1 rings (SSSR count). The topological polar surface area (TPSA) is 3.24 Å². The molecule has 0 amide bonds. The summed E-state index contributed by atoms with van der Waals surface area (Å²) in [6.45, 7) is 19.0. The molecule has 0 aromatic heterocycles. The van der Waals surface area contributed by atoms with Crippen LogP contribution in [0.2, 0.25) is 0 Å². The van der Waals surface area contributed by atoms with Crippen molar-refractivity contribution in [1.82, 2.24) is 4.90 Å². The van der Waals surface area contributed by atoms with E-state index < -0.39 is 0 Å². The van der Waals surface area contributed by atoms with E-state index in [4.69, 9.17) is 0 Å². The van der Waals surface area contributed by atoms with Gasteiger partial charge in [-0.2, -0.15) is 0 Å². The molecule has 0 unspecified atom stereocenters. The van der Waals surface area contributed by atoms with Crippen molar-refractivity contribution in [3.63, 3.8) is 0 Å². The largest absolute Gasteiger partial charge is 0.375 e. The maximum atomic E-state index is 4.14. The maximum absolute atomic E-state index is 4.14. The lowest BCUT2D eigenvalue weighted by Gasteiger charge is -2.41. The zero-order valence-corrected chi connectivity index (χ0v) is 12.4. The zero-order chi connectivity index (χ0) is 13.8. The lowest BCUT2D eigenvalue weighted by atomic mass is 9.75. The van der Waals surface area contributed by atoms with Gasteiger partial charge in [-0.1, -0.05) is 43.9 Å². The van der Waals surface area contributed by atoms with Gasteiger partial charge in [0.2, 0.25) is 0 Å². The summed E-state index contributed by atoms with van der Waals surface area (Å²) in [5.74, 6) is 0. The SMILES string of the molecule is C=C/C=C\C(C)=C(/C)N1CCC(C)(C(=C)C)CC1. The third-order valence-electron chi connectivity index (χ3n) is 4.42. The van der Waals surface area contributed by atoms with Crippen LogP contribution in [0.25, 0.3) is 0 Å². The van der Waals surface area contributed by atoms with E-state index in [9.17, 15) is 0 Å². The molecule has 0 N–H and O–H groups in total. The van der Waals surface area contributed by atoms with E-state index in [1.807, 2.05) is 12.2 Å². The maximum Gasteiger partial charge on any atom is 0.0183 e. The molecule has 0 bridgehead atoms. The molecule has 100 valence electrons. The predicted molar refractivity (Wildman–Crippen MR) is 81.4 cm³/mol. The third kappa shape index (κ3) is 3.38. The number of likely N-dealkylation sites (tertiary alicyclic amines) is 1. The van der Waals surface area contributed by atoms with Gasteiger partial charge in [0.05, 0.1) is 0 Å². The van der Waals surface area contributed by atoms with Crippen molar-refractivity contribution in [2.45, 2.75) is 40.5 Å². The Morgan fingerprint density at radius 3 is 2.17 bits per heavy atom. The molecule has 1 fully saturated rings. The van der Waals surface area contributed by atoms with Gasteiger partial charge in [-0.15, -0.1) is 0 Å². The van der Waals surface area contributed by atoms with Gasteiger partial charge in [0.1, 0.15) is 0 Å². The van der Waals surface area contributed by atoms with Crippen LogP contribution in [-0.4, -0.2) is 18.0 Å². The van der Waals surface area contributed by atoms with E-state index >= 15 is 0 Å². The Morgan fingerprint density at radius 2 is 1.72 bits per heavy atom. The first-order valence-electron chi connectivity index (χ1n) is 6.78. The van der Waals surface area contributed by atoms with Gasteiger partial charge < -0.3 is 4.90 Å². The van der Waals surface area contributed by atoms with Gasteiger partial charge in [0.15, 0.2) is 0 Å². The van der Waals surface area contributed by atoms with Crippen molar-refractivity contribution < 1.29 is 0 Å². The summed E-state index contributed by atoms with van der Waals surface area (Å²) in [5.41, 5.74) is 4.37. The molecule has 0 aliphatic carbocycles. The van der Waals surface area contributed by atoms with Crippen LogP contribution in [-0.2, 0) is 0 Å². The third-order valence-corrected chi connectivity index (χ3v) is 4.42. The normalized spacial score (nSPS) is 20.8. The Hall–Kier alpha value is -1.24. The van der Waals surface area contributed by atoms with Crippen molar-refractivity contribution in [3.05, 3.63) is 48.2 Å². The summed E-state index contributed by atoms with van der Waals surface area (Å²) < 4.78 is 0. The van der Waals surface area contributed by atoms with Crippen molar-refractivity contribution in [2.24, 2.45) is 5.41 Å². The fraction of sp³-hybridized carbons (Fsp3) is 0.529. The number of hydrogen-bond donors (Lipinski definition) is 0. The minimum atomic E-state index is 0.335. The summed E-state index contributed by atoms with van der Waals surface area (Å²) >= 11 is 0. The number of piperidine rings is 1. The van der Waals surface area contributed by atoms with Crippen LogP contribution in [0.15, 0.2) is 48.2 Å². The average Bonchev–Trinajstić information content (AvgIpc) is 2.35. The second-order valence-corrected chi connectivity index (χ2v) is 5.69. The summed E-state index contributed by atoms with van der Waals surface area (Å²) in [5, 5.41) is 0. The lowest BCUT2D eigenvalue weighted by molar-refractivity contribution is 0.176. The predicted octanol–water partition coefficient (Wildman–Crippen LogP) is 4.70. The summed E-state index contributed by atoms with van der Waals surface area (Å²) in [7, 11) is 0. The number of allylic oxidation sites excluding steroid dienone is 6. The summed E-state index contributed by atoms with van der Waals surface area (Å²) in [4.78, 5) is 2.49. The fourth-order valence-corrected chi connectivity index (χ4v) is 2.34. The van der Waals surface area contributed by atoms with Gasteiger partial charge >= 0.3 is 0 Å². The molecule has 1 heteroatoms. The molecule has 1 aliphatic rings. The van der Waals surface area contributed by atoms with Gasteiger partial charge in [0.25, 0.3) is 0 Å². The highest BCUT2D eigenvalue weighted by Gasteiger charge is 2.30. The van der Waals surface area contributed by atoms with Crippen LogP contribution in [0.5, 0.6) is 0 Å². The Balaban J connectivity index is 2.71. The molecular formula is C17H27N. The minimum absolute atomic E-state index is 0.335. The number of nitrogens with zero attached hydrogens (tertiary/aromatic N) is 1. The molecule has 0 saturated carbocycles. The molecule has 0 radical (unpaired) electrons. The highest BCUT2D eigenvalue weighted by atomic mass is 15.1. The van der Waals surface area contributed by atoms with Crippen LogP contribution in [0.4, 0.5) is 0 Å². The molecule has 1 heterocycles. The standard InChI is InChI=1S/C17H27N/c1-7-8-9-15(4)16(5)18-12-10-17(6,11-13-18)14(2)3/h7-9H,1-2,10-13H2,3-6H3/b9-8-,16-15+. The van der Waals surface area contributed by atoms with E-state index in [2.05, 4.69) is 51.8 Å². The number of rotatable bonds is 4. The Morgan fingerprint density at radius 1 is 1.17 bits per heavy atom. The lowest BCUT2D eigenvalue weighted by Crippen LogP contribution is -2.38. The summed E-state index contributed by atoms with van der Waals surface area (Å²) in [6.07, 6.45) is 8.37. The highest BCUT2D eigenvalue weighted by Crippen LogP contribution is 2.38. The van der Waals surface area contributed by atoms with Crippen molar-refractivity contribution >= 4 is 0 Å². The van der Waals surface area contributed by atoms with Crippen molar-refractivity contribution in [3.8, 4) is 0 Å². The quantitative estimate of drug-likeness (QED) is 0.512. The summed E-state index contributed by atoms with van der Waals surface area (Å²) in [6, 6.07) is 0. The molecule has 1 nitrogen and oxygen atoms in total. The first kappa shape index (κ1) is 14.8. The molecule has 0 aromatic carbocycles. The average molecular weight is 245 g/mol. The molecule has 0 spiro atoms. The minimum Gasteiger partial charge on any atom is -0.375 e. The molecule has 1 aliphatic heterocycles. The second-order valence-electron chi connectivity index (χ2n) is 5.69. The van der Waals surface area contributed by atoms with Crippen LogP contribution in [0.3, 0.4) is 0 Å². The molecule has 0 aromatic rings. The second kappa shape index (κ2) is 6.08. The monoisotopic (exact) mass is 245 g/mol. The van der Waals surface area contributed by atoms with E-state index in [1.54, 1.807) is 0 Å². The first-order chi connectivity index (χ1) is 8.40. The number of hydrogen-bond acceptors (Lipinski definition) is 1. The smallest absolute Gasteiger partial charge is 0.0183 e. The van der Waals surface area contributed by atoms with E-state index in [0.29, 0.717) is 5.41 Å². The zero-order valence-electron chi connectivity index (χ0n) is 12.4. The van der Waals surface area contributed by atoms with Crippen LogP contribution in [0, 0.1) is 5.41 Å². The molecule has 0 atom stereocenters. The Kier molecular flexibility index (Phi) is 5.01. The molecule has 18 heavy (non-hydrogen) atoms. The highest BCUT2D eigenvalue weighted by molar-refractivity contribution is 5.24. The Labute approximate surface area is 113 Å². The van der Waals surface area contributed by atoms with E-state index in [0.717, 1.165) is 13.1 Å². The first-order valence-corrected chi connectivity index (χ1v) is 6.78. The van der Waals surface area contributed by atoms with Gasteiger partial charge in [-0.3, -0.25) is 0 Å². The van der Waals surface area contributed by atoms with Crippen LogP contribution >= 0.6 is 0 Å². The Bertz CT molecular complexity index is 376. The van der Waals surface area contributed by atoms with E-state index in [-0.39, 0.29) is 0 Å². The van der Waals surface area contributed by atoms with Crippen molar-refractivity contribution in [1.29, 1.82) is 0 Å².